The molecule has 0 radical (unpaired) electrons. The summed E-state index contributed by atoms with van der Waals surface area (Å²) >= 11 is 6.16. The maximum absolute atomic E-state index is 13.3. The van der Waals surface area contributed by atoms with Crippen LogP contribution in [-0.4, -0.2) is 76.2 Å². The summed E-state index contributed by atoms with van der Waals surface area (Å²) < 4.78 is 0. The zero-order valence-corrected chi connectivity index (χ0v) is 25.3. The molecule has 1 aromatic carbocycles. The summed E-state index contributed by atoms with van der Waals surface area (Å²) in [7, 11) is 1.74. The summed E-state index contributed by atoms with van der Waals surface area (Å²) in [5.41, 5.74) is 3.43. The van der Waals surface area contributed by atoms with Crippen molar-refractivity contribution < 1.29 is 14.4 Å². The number of aromatic nitrogens is 1. The quantitative estimate of drug-likeness (QED) is 0.491. The number of hydrogen-bond donors (Lipinski definition) is 1. The van der Waals surface area contributed by atoms with Gasteiger partial charge in [-0.15, -0.1) is 24.8 Å². The summed E-state index contributed by atoms with van der Waals surface area (Å²) in [6, 6.07) is 8.96. The molecule has 2 aromatic rings. The first kappa shape index (κ1) is 32.8. The molecule has 0 aliphatic carbocycles. The fraction of sp³-hybridized carbons (Fsp3) is 0.500. The highest BCUT2D eigenvalue weighted by Gasteiger charge is 2.41. The smallest absolute Gasteiger partial charge is 0.253 e. The van der Waals surface area contributed by atoms with Crippen molar-refractivity contribution in [3.63, 3.8) is 0 Å². The number of hydrogen-bond acceptors (Lipinski definition) is 5. The van der Waals surface area contributed by atoms with Gasteiger partial charge in [-0.3, -0.25) is 19.3 Å². The Labute approximate surface area is 248 Å². The monoisotopic (exact) mass is 597 g/mol. The minimum absolute atomic E-state index is 0. The Morgan fingerprint density at radius 3 is 2.44 bits per heavy atom. The number of carbonyl (C=O) groups excluding carboxylic acids is 3. The normalized spacial score (nSPS) is 17.8. The van der Waals surface area contributed by atoms with Gasteiger partial charge in [-0.1, -0.05) is 23.7 Å². The highest BCUT2D eigenvalue weighted by molar-refractivity contribution is 6.31. The van der Waals surface area contributed by atoms with Gasteiger partial charge >= 0.3 is 0 Å². The van der Waals surface area contributed by atoms with Crippen LogP contribution in [0.4, 0.5) is 5.82 Å². The van der Waals surface area contributed by atoms with Gasteiger partial charge in [0.2, 0.25) is 11.8 Å². The number of nitrogens with zero attached hydrogens (tertiary/aromatic N) is 4. The summed E-state index contributed by atoms with van der Waals surface area (Å²) in [5, 5.41) is 3.66. The van der Waals surface area contributed by atoms with Crippen molar-refractivity contribution in [1.29, 1.82) is 0 Å². The van der Waals surface area contributed by atoms with Crippen LogP contribution >= 0.6 is 36.4 Å². The molecule has 1 atom stereocenters. The Balaban J connectivity index is 0.00000267. The highest BCUT2D eigenvalue weighted by atomic mass is 35.5. The lowest BCUT2D eigenvalue weighted by Crippen LogP contribution is -2.51. The van der Waals surface area contributed by atoms with E-state index in [1.165, 1.54) is 5.56 Å². The van der Waals surface area contributed by atoms with Crippen molar-refractivity contribution in [2.45, 2.75) is 65.1 Å². The summed E-state index contributed by atoms with van der Waals surface area (Å²) in [4.78, 5) is 49.0. The maximum atomic E-state index is 13.3. The Hall–Kier alpha value is -2.39. The Bertz CT molecular complexity index is 1190. The molecular weight excluding hydrogens is 561 g/mol. The van der Waals surface area contributed by atoms with E-state index in [4.69, 9.17) is 11.6 Å². The van der Waals surface area contributed by atoms with Crippen LogP contribution in [0, 0.1) is 13.8 Å². The largest absolute Gasteiger partial charge is 0.342 e. The minimum atomic E-state index is -0.525. The summed E-state index contributed by atoms with van der Waals surface area (Å²) in [6.45, 7) is 8.86. The molecular formula is C28H38Cl3N5O3. The molecule has 2 aliphatic heterocycles. The lowest BCUT2D eigenvalue weighted by atomic mass is 10.0. The van der Waals surface area contributed by atoms with Crippen LogP contribution in [0.1, 0.15) is 59.8 Å². The third-order valence-corrected chi connectivity index (χ3v) is 7.83. The Morgan fingerprint density at radius 1 is 1.10 bits per heavy atom. The van der Waals surface area contributed by atoms with Gasteiger partial charge in [0.05, 0.1) is 0 Å². The number of piperidine rings is 1. The maximum Gasteiger partial charge on any atom is 0.253 e. The second-order valence-corrected chi connectivity index (χ2v) is 10.5. The van der Waals surface area contributed by atoms with Gasteiger partial charge in [0.25, 0.3) is 5.91 Å². The molecule has 2 fully saturated rings. The van der Waals surface area contributed by atoms with Gasteiger partial charge in [-0.2, -0.15) is 0 Å². The molecule has 214 valence electrons. The van der Waals surface area contributed by atoms with Gasteiger partial charge in [-0.25, -0.2) is 4.98 Å². The molecule has 39 heavy (non-hydrogen) atoms. The van der Waals surface area contributed by atoms with Crippen molar-refractivity contribution in [3.8, 4) is 0 Å². The van der Waals surface area contributed by atoms with E-state index in [1.54, 1.807) is 35.9 Å². The summed E-state index contributed by atoms with van der Waals surface area (Å²) in [6.07, 6.45) is 2.51. The second kappa shape index (κ2) is 14.3. The third-order valence-electron chi connectivity index (χ3n) is 7.41. The van der Waals surface area contributed by atoms with E-state index < -0.39 is 6.04 Å². The molecule has 8 nitrogen and oxygen atoms in total. The fourth-order valence-electron chi connectivity index (χ4n) is 5.27. The standard InChI is InChI=1S/C28H36ClN5O3.2ClH/c1-5-32(4)28(37)21-15-19(3)30-25(16-21)31-27(36)24-8-9-26(35)34(24)22-10-12-33(13-11-22)17-20-6-7-23(29)18(2)14-20;;/h6-7,14-16,22,24H,5,8-13,17H2,1-4H3,(H,30,31,36);2*1H/t24-;;/m1../s1. The van der Waals surface area contributed by atoms with Crippen molar-refractivity contribution in [2.75, 3.05) is 32.0 Å². The molecule has 1 N–H and O–H groups in total. The molecule has 0 saturated carbocycles. The van der Waals surface area contributed by atoms with E-state index in [-0.39, 0.29) is 48.6 Å². The van der Waals surface area contributed by atoms with Crippen LogP contribution in [0.15, 0.2) is 30.3 Å². The zero-order chi connectivity index (χ0) is 26.7. The van der Waals surface area contributed by atoms with Crippen LogP contribution in [0.3, 0.4) is 0 Å². The highest BCUT2D eigenvalue weighted by Crippen LogP contribution is 2.29. The van der Waals surface area contributed by atoms with Crippen LogP contribution in [0.5, 0.6) is 0 Å². The molecule has 0 spiro atoms. The molecule has 0 bridgehead atoms. The van der Waals surface area contributed by atoms with Gasteiger partial charge in [0, 0.05) is 62.0 Å². The number of likely N-dealkylation sites (tertiary alicyclic amines) is 2. The van der Waals surface area contributed by atoms with Gasteiger partial charge < -0.3 is 15.1 Å². The third kappa shape index (κ3) is 7.84. The van der Waals surface area contributed by atoms with Crippen molar-refractivity contribution in [2.24, 2.45) is 0 Å². The first-order valence-electron chi connectivity index (χ1n) is 13.0. The van der Waals surface area contributed by atoms with E-state index in [0.29, 0.717) is 36.5 Å². The van der Waals surface area contributed by atoms with Crippen LogP contribution < -0.4 is 5.32 Å². The van der Waals surface area contributed by atoms with Crippen molar-refractivity contribution in [1.82, 2.24) is 19.7 Å². The van der Waals surface area contributed by atoms with E-state index in [9.17, 15) is 14.4 Å². The molecule has 2 saturated heterocycles. The van der Waals surface area contributed by atoms with Gasteiger partial charge in [0.15, 0.2) is 0 Å². The Morgan fingerprint density at radius 2 is 1.79 bits per heavy atom. The average molecular weight is 599 g/mol. The van der Waals surface area contributed by atoms with E-state index >= 15 is 0 Å². The predicted octanol–water partition coefficient (Wildman–Crippen LogP) is 4.88. The Kier molecular flexibility index (Phi) is 12.0. The van der Waals surface area contributed by atoms with E-state index in [0.717, 1.165) is 43.1 Å². The molecule has 4 rings (SSSR count). The van der Waals surface area contributed by atoms with Gasteiger partial charge in [0.1, 0.15) is 11.9 Å². The molecule has 3 amide bonds. The first-order valence-corrected chi connectivity index (χ1v) is 13.4. The van der Waals surface area contributed by atoms with Crippen LogP contribution in [0.25, 0.3) is 0 Å². The molecule has 11 heteroatoms. The molecule has 0 unspecified atom stereocenters. The van der Waals surface area contributed by atoms with Crippen molar-refractivity contribution in [3.05, 3.63) is 57.7 Å². The molecule has 2 aliphatic rings. The fourth-order valence-corrected chi connectivity index (χ4v) is 5.38. The van der Waals surface area contributed by atoms with Crippen LogP contribution in [-0.2, 0) is 16.1 Å². The number of aryl methyl sites for hydroxylation is 2. The first-order chi connectivity index (χ1) is 17.7. The molecule has 3 heterocycles. The SMILES string of the molecule is CCN(C)C(=O)c1cc(C)nc(NC(=O)[C@H]2CCC(=O)N2C2CCN(Cc3ccc(Cl)c(C)c3)CC2)c1.Cl.Cl. The predicted molar refractivity (Wildman–Crippen MR) is 159 cm³/mol. The number of carbonyl (C=O) groups is 3. The number of rotatable bonds is 7. The zero-order valence-electron chi connectivity index (χ0n) is 22.9. The number of anilines is 1. The lowest BCUT2D eigenvalue weighted by Gasteiger charge is -2.39. The minimum Gasteiger partial charge on any atom is -0.342 e. The van der Waals surface area contributed by atoms with Crippen molar-refractivity contribution >= 4 is 60.0 Å². The molecule has 1 aromatic heterocycles. The van der Waals surface area contributed by atoms with Crippen LogP contribution in [0.2, 0.25) is 5.02 Å². The number of nitrogens with one attached hydrogen (secondary N) is 1. The number of amides is 3. The number of pyridine rings is 1. The lowest BCUT2D eigenvalue weighted by molar-refractivity contribution is -0.136. The topological polar surface area (TPSA) is 85.8 Å². The number of halogens is 3. The second-order valence-electron chi connectivity index (χ2n) is 10.1. The average Bonchev–Trinajstić information content (AvgIpc) is 3.27. The van der Waals surface area contributed by atoms with Gasteiger partial charge in [-0.05, 0) is 69.4 Å². The number of benzene rings is 1. The van der Waals surface area contributed by atoms with E-state index in [1.807, 2.05) is 19.9 Å². The van der Waals surface area contributed by atoms with E-state index in [2.05, 4.69) is 27.3 Å². The summed E-state index contributed by atoms with van der Waals surface area (Å²) in [5.74, 6) is 0.00162.